The molecule has 0 saturated heterocycles. The second kappa shape index (κ2) is 4.36. The van der Waals surface area contributed by atoms with Gasteiger partial charge < -0.3 is 4.90 Å². The van der Waals surface area contributed by atoms with Crippen LogP contribution in [0.25, 0.3) is 0 Å². The Labute approximate surface area is 94.6 Å². The Kier molecular flexibility index (Phi) is 2.91. The Bertz CT molecular complexity index is 471. The van der Waals surface area contributed by atoms with E-state index in [1.165, 1.54) is 17.7 Å². The van der Waals surface area contributed by atoms with E-state index in [1.807, 2.05) is 6.07 Å². The van der Waals surface area contributed by atoms with Gasteiger partial charge in [0.25, 0.3) is 0 Å². The Morgan fingerprint density at radius 2 is 2.19 bits per heavy atom. The maximum atomic E-state index is 13.3. The van der Waals surface area contributed by atoms with Gasteiger partial charge in [0.15, 0.2) is 0 Å². The number of benzene rings is 1. The zero-order chi connectivity index (χ0) is 11.5. The van der Waals surface area contributed by atoms with E-state index in [1.54, 1.807) is 6.07 Å². The number of nitriles is 1. The molecule has 0 bridgehead atoms. The van der Waals surface area contributed by atoms with Crippen molar-refractivity contribution < 1.29 is 4.39 Å². The van der Waals surface area contributed by atoms with Crippen LogP contribution in [0.15, 0.2) is 29.8 Å². The summed E-state index contributed by atoms with van der Waals surface area (Å²) in [6, 6.07) is 6.46. The van der Waals surface area contributed by atoms with Crippen molar-refractivity contribution in [3.8, 4) is 6.07 Å². The van der Waals surface area contributed by atoms with Crippen molar-refractivity contribution in [2.45, 2.75) is 13.3 Å². The minimum Gasteiger partial charge on any atom is -0.367 e. The fraction of sp³-hybridized carbons (Fsp3) is 0.308. The summed E-state index contributed by atoms with van der Waals surface area (Å²) in [5.74, 6) is -0.346. The molecule has 0 fully saturated rings. The Hall–Kier alpha value is -1.82. The van der Waals surface area contributed by atoms with Gasteiger partial charge in [-0.05, 0) is 31.5 Å². The molecule has 1 heterocycles. The van der Waals surface area contributed by atoms with Crippen LogP contribution < -0.4 is 4.90 Å². The Morgan fingerprint density at radius 3 is 2.88 bits per heavy atom. The highest BCUT2D eigenvalue weighted by molar-refractivity contribution is 5.53. The summed E-state index contributed by atoms with van der Waals surface area (Å²) in [4.78, 5) is 2.10. The molecular weight excluding hydrogens is 203 g/mol. The number of nitrogens with zero attached hydrogens (tertiary/aromatic N) is 2. The third-order valence-corrected chi connectivity index (χ3v) is 2.71. The lowest BCUT2D eigenvalue weighted by molar-refractivity contribution is 0.626. The van der Waals surface area contributed by atoms with Crippen molar-refractivity contribution in [3.05, 3.63) is 41.2 Å². The number of hydrogen-bond acceptors (Lipinski definition) is 2. The van der Waals surface area contributed by atoms with Crippen LogP contribution in [-0.4, -0.2) is 13.1 Å². The smallest absolute Gasteiger partial charge is 0.126 e. The van der Waals surface area contributed by atoms with E-state index in [0.29, 0.717) is 5.56 Å². The highest BCUT2D eigenvalue weighted by Crippen LogP contribution is 2.22. The third kappa shape index (κ3) is 2.22. The van der Waals surface area contributed by atoms with Crippen molar-refractivity contribution in [1.82, 2.24) is 0 Å². The third-order valence-electron chi connectivity index (χ3n) is 2.71. The van der Waals surface area contributed by atoms with Gasteiger partial charge in [-0.15, -0.1) is 0 Å². The predicted octanol–water partition coefficient (Wildman–Crippen LogP) is 2.85. The van der Waals surface area contributed by atoms with Gasteiger partial charge in [0, 0.05) is 18.8 Å². The lowest BCUT2D eigenvalue weighted by Gasteiger charge is -2.28. The molecule has 3 heteroatoms. The molecule has 2 nitrogen and oxygen atoms in total. The highest BCUT2D eigenvalue weighted by atomic mass is 19.1. The zero-order valence-electron chi connectivity index (χ0n) is 9.20. The van der Waals surface area contributed by atoms with Crippen LogP contribution in [0.4, 0.5) is 10.1 Å². The average molecular weight is 216 g/mol. The topological polar surface area (TPSA) is 27.0 Å². The fourth-order valence-corrected chi connectivity index (χ4v) is 1.95. The molecule has 0 aromatic heterocycles. The highest BCUT2D eigenvalue weighted by Gasteiger charge is 2.12. The number of anilines is 1. The molecule has 0 unspecified atom stereocenters. The maximum absolute atomic E-state index is 13.3. The molecule has 0 aliphatic carbocycles. The van der Waals surface area contributed by atoms with Gasteiger partial charge in [-0.2, -0.15) is 5.26 Å². The average Bonchev–Trinajstić information content (AvgIpc) is 2.28. The van der Waals surface area contributed by atoms with Crippen LogP contribution >= 0.6 is 0 Å². The van der Waals surface area contributed by atoms with E-state index in [9.17, 15) is 4.39 Å². The number of hydrogen-bond donors (Lipinski definition) is 0. The summed E-state index contributed by atoms with van der Waals surface area (Å²) in [6.45, 7) is 3.76. The molecule has 0 amide bonds. The first kappa shape index (κ1) is 10.7. The van der Waals surface area contributed by atoms with Gasteiger partial charge in [-0.3, -0.25) is 0 Å². The molecular formula is C13H13FN2. The van der Waals surface area contributed by atoms with Gasteiger partial charge in [-0.25, -0.2) is 4.39 Å². The standard InChI is InChI=1S/C13H13FN2/c1-10-3-2-4-16(9-10)13-6-11(8-15)5-12(14)7-13/h3,5-7H,2,4,9H2,1H3. The second-order valence-corrected chi connectivity index (χ2v) is 4.07. The van der Waals surface area contributed by atoms with Crippen molar-refractivity contribution in [2.75, 3.05) is 18.0 Å². The monoisotopic (exact) mass is 216 g/mol. The van der Waals surface area contributed by atoms with Crippen molar-refractivity contribution in [2.24, 2.45) is 0 Å². The summed E-state index contributed by atoms with van der Waals surface area (Å²) >= 11 is 0. The Morgan fingerprint density at radius 1 is 1.38 bits per heavy atom. The summed E-state index contributed by atoms with van der Waals surface area (Å²) in [5.41, 5.74) is 2.46. The van der Waals surface area contributed by atoms with Gasteiger partial charge in [-0.1, -0.05) is 11.6 Å². The van der Waals surface area contributed by atoms with E-state index in [0.717, 1.165) is 25.2 Å². The molecule has 1 aliphatic rings. The summed E-state index contributed by atoms with van der Waals surface area (Å²) in [7, 11) is 0. The first-order valence-electron chi connectivity index (χ1n) is 5.30. The maximum Gasteiger partial charge on any atom is 0.126 e. The SMILES string of the molecule is CC1=CCCN(c2cc(F)cc(C#N)c2)C1. The van der Waals surface area contributed by atoms with Gasteiger partial charge >= 0.3 is 0 Å². The van der Waals surface area contributed by atoms with Gasteiger partial charge in [0.05, 0.1) is 11.6 Å². The summed E-state index contributed by atoms with van der Waals surface area (Å²) in [5, 5.41) is 8.79. The predicted molar refractivity (Wildman–Crippen MR) is 61.7 cm³/mol. The van der Waals surface area contributed by atoms with E-state index in [4.69, 9.17) is 5.26 Å². The molecule has 0 atom stereocenters. The lowest BCUT2D eigenvalue weighted by Crippen LogP contribution is -2.29. The minimum atomic E-state index is -0.346. The van der Waals surface area contributed by atoms with Crippen LogP contribution in [0, 0.1) is 17.1 Å². The molecule has 0 spiro atoms. The number of rotatable bonds is 1. The van der Waals surface area contributed by atoms with Crippen LogP contribution in [-0.2, 0) is 0 Å². The minimum absolute atomic E-state index is 0.346. The molecule has 82 valence electrons. The summed E-state index contributed by atoms with van der Waals surface area (Å²) < 4.78 is 13.3. The van der Waals surface area contributed by atoms with Crippen LogP contribution in [0.5, 0.6) is 0 Å². The molecule has 1 aromatic rings. The number of halogens is 1. The van der Waals surface area contributed by atoms with E-state index >= 15 is 0 Å². The van der Waals surface area contributed by atoms with Crippen LogP contribution in [0.3, 0.4) is 0 Å². The zero-order valence-corrected chi connectivity index (χ0v) is 9.20. The first-order valence-corrected chi connectivity index (χ1v) is 5.30. The van der Waals surface area contributed by atoms with Crippen molar-refractivity contribution in [1.29, 1.82) is 5.26 Å². The van der Waals surface area contributed by atoms with Gasteiger partial charge in [0.2, 0.25) is 0 Å². The quantitative estimate of drug-likeness (QED) is 0.675. The van der Waals surface area contributed by atoms with Crippen molar-refractivity contribution in [3.63, 3.8) is 0 Å². The van der Waals surface area contributed by atoms with Gasteiger partial charge in [0.1, 0.15) is 5.82 Å². The molecule has 1 aromatic carbocycles. The molecule has 0 radical (unpaired) electrons. The summed E-state index contributed by atoms with van der Waals surface area (Å²) in [6.07, 6.45) is 3.17. The van der Waals surface area contributed by atoms with E-state index < -0.39 is 0 Å². The molecule has 1 aliphatic heterocycles. The van der Waals surface area contributed by atoms with E-state index in [-0.39, 0.29) is 5.82 Å². The molecule has 0 N–H and O–H groups in total. The largest absolute Gasteiger partial charge is 0.367 e. The molecule has 16 heavy (non-hydrogen) atoms. The van der Waals surface area contributed by atoms with E-state index in [2.05, 4.69) is 17.9 Å². The van der Waals surface area contributed by atoms with Crippen LogP contribution in [0.2, 0.25) is 0 Å². The second-order valence-electron chi connectivity index (χ2n) is 4.07. The Balaban J connectivity index is 2.30. The lowest BCUT2D eigenvalue weighted by atomic mass is 10.1. The first-order chi connectivity index (χ1) is 7.69. The fourth-order valence-electron chi connectivity index (χ4n) is 1.95. The molecule has 0 saturated carbocycles. The van der Waals surface area contributed by atoms with Crippen molar-refractivity contribution >= 4 is 5.69 Å². The normalized spacial score (nSPS) is 15.6. The van der Waals surface area contributed by atoms with Crippen LogP contribution in [0.1, 0.15) is 18.9 Å². The molecule has 2 rings (SSSR count).